The minimum absolute atomic E-state index is 0.0131. The third-order valence-corrected chi connectivity index (χ3v) is 3.34. The fourth-order valence-electron chi connectivity index (χ4n) is 1.97. The minimum atomic E-state index is -0.0131. The first-order valence-electron chi connectivity index (χ1n) is 6.47. The monoisotopic (exact) mass is 288 g/mol. The lowest BCUT2D eigenvalue weighted by atomic mass is 10.0. The van der Waals surface area contributed by atoms with E-state index in [-0.39, 0.29) is 5.91 Å². The van der Waals surface area contributed by atoms with Crippen molar-refractivity contribution >= 4 is 17.5 Å². The molecule has 0 aliphatic carbocycles. The highest BCUT2D eigenvalue weighted by atomic mass is 35.5. The Labute approximate surface area is 123 Å². The first-order valence-corrected chi connectivity index (χ1v) is 6.85. The van der Waals surface area contributed by atoms with Crippen molar-refractivity contribution < 1.29 is 4.79 Å². The molecule has 2 aromatic rings. The van der Waals surface area contributed by atoms with Crippen LogP contribution in [0.15, 0.2) is 48.5 Å². The van der Waals surface area contributed by atoms with Gasteiger partial charge in [-0.3, -0.25) is 4.79 Å². The van der Waals surface area contributed by atoms with Crippen LogP contribution in [0.1, 0.15) is 16.7 Å². The van der Waals surface area contributed by atoms with Crippen molar-refractivity contribution in [1.29, 1.82) is 0 Å². The summed E-state index contributed by atoms with van der Waals surface area (Å²) in [5.74, 6) is -0.0131. The van der Waals surface area contributed by atoms with Gasteiger partial charge in [0.1, 0.15) is 0 Å². The molecule has 0 heterocycles. The van der Waals surface area contributed by atoms with Gasteiger partial charge in [-0.25, -0.2) is 0 Å². The number of nitrogens with two attached hydrogens (primary N) is 1. The maximum atomic E-state index is 11.9. The van der Waals surface area contributed by atoms with E-state index >= 15 is 0 Å². The van der Waals surface area contributed by atoms with Crippen LogP contribution in [0, 0.1) is 0 Å². The predicted molar refractivity (Wildman–Crippen MR) is 81.3 cm³/mol. The molecule has 0 spiro atoms. The van der Waals surface area contributed by atoms with Crippen LogP contribution in [0.5, 0.6) is 0 Å². The van der Waals surface area contributed by atoms with E-state index in [4.69, 9.17) is 17.3 Å². The van der Waals surface area contributed by atoms with Crippen LogP contribution in [-0.2, 0) is 24.3 Å². The van der Waals surface area contributed by atoms with Crippen LogP contribution in [-0.4, -0.2) is 5.91 Å². The second-order valence-electron chi connectivity index (χ2n) is 4.55. The normalized spacial score (nSPS) is 10.3. The van der Waals surface area contributed by atoms with Gasteiger partial charge in [0.2, 0.25) is 5.91 Å². The number of rotatable bonds is 5. The molecule has 3 N–H and O–H groups in total. The number of hydrogen-bond donors (Lipinski definition) is 2. The van der Waals surface area contributed by atoms with E-state index in [1.807, 2.05) is 48.5 Å². The lowest BCUT2D eigenvalue weighted by molar-refractivity contribution is -0.120. The number of halogens is 1. The molecule has 3 nitrogen and oxygen atoms in total. The molecule has 0 saturated heterocycles. The fourth-order valence-corrected chi connectivity index (χ4v) is 2.09. The molecule has 104 valence electrons. The van der Waals surface area contributed by atoms with E-state index in [1.165, 1.54) is 0 Å². The lowest BCUT2D eigenvalue weighted by Gasteiger charge is -2.08. The number of nitrogens with one attached hydrogen (secondary N) is 1. The summed E-state index contributed by atoms with van der Waals surface area (Å²) in [4.78, 5) is 11.9. The van der Waals surface area contributed by atoms with Crippen molar-refractivity contribution in [3.63, 3.8) is 0 Å². The van der Waals surface area contributed by atoms with E-state index in [0.717, 1.165) is 16.7 Å². The summed E-state index contributed by atoms with van der Waals surface area (Å²) in [6.07, 6.45) is 0.348. The summed E-state index contributed by atoms with van der Waals surface area (Å²) in [6, 6.07) is 15.1. The van der Waals surface area contributed by atoms with Gasteiger partial charge in [-0.1, -0.05) is 48.0 Å². The van der Waals surface area contributed by atoms with Crippen LogP contribution >= 0.6 is 11.6 Å². The van der Waals surface area contributed by atoms with Crippen LogP contribution in [0.4, 0.5) is 0 Å². The molecule has 4 heteroatoms. The van der Waals surface area contributed by atoms with Crippen LogP contribution in [0.2, 0.25) is 5.02 Å². The largest absolute Gasteiger partial charge is 0.352 e. The fraction of sp³-hybridized carbons (Fsp3) is 0.188. The second kappa shape index (κ2) is 7.08. The highest BCUT2D eigenvalue weighted by molar-refractivity contribution is 6.30. The molecule has 2 rings (SSSR count). The first-order chi connectivity index (χ1) is 9.69. The van der Waals surface area contributed by atoms with Crippen molar-refractivity contribution in [1.82, 2.24) is 5.32 Å². The van der Waals surface area contributed by atoms with Gasteiger partial charge in [-0.2, -0.15) is 0 Å². The van der Waals surface area contributed by atoms with Gasteiger partial charge in [0, 0.05) is 18.1 Å². The van der Waals surface area contributed by atoms with Crippen molar-refractivity contribution in [2.24, 2.45) is 5.73 Å². The summed E-state index contributed by atoms with van der Waals surface area (Å²) in [5.41, 5.74) is 8.67. The van der Waals surface area contributed by atoms with Crippen molar-refractivity contribution in [3.05, 3.63) is 70.2 Å². The number of amides is 1. The van der Waals surface area contributed by atoms with Gasteiger partial charge in [0.05, 0.1) is 6.42 Å². The molecule has 2 aromatic carbocycles. The molecule has 0 bridgehead atoms. The Hall–Kier alpha value is -1.84. The van der Waals surface area contributed by atoms with Gasteiger partial charge in [0.15, 0.2) is 0 Å². The number of benzene rings is 2. The Morgan fingerprint density at radius 3 is 2.35 bits per heavy atom. The molecule has 0 saturated carbocycles. The smallest absolute Gasteiger partial charge is 0.224 e. The molecular formula is C16H17ClN2O. The second-order valence-corrected chi connectivity index (χ2v) is 4.99. The third kappa shape index (κ3) is 4.08. The molecule has 0 aromatic heterocycles. The molecule has 0 atom stereocenters. The van der Waals surface area contributed by atoms with Gasteiger partial charge < -0.3 is 11.1 Å². The SMILES string of the molecule is NCc1ccccc1CC(=O)NCc1ccc(Cl)cc1. The zero-order valence-corrected chi connectivity index (χ0v) is 11.9. The summed E-state index contributed by atoms with van der Waals surface area (Å²) in [5, 5.41) is 3.59. The number of carbonyl (C=O) groups excluding carboxylic acids is 1. The Bertz CT molecular complexity index is 581. The van der Waals surface area contributed by atoms with E-state index in [9.17, 15) is 4.79 Å². The topological polar surface area (TPSA) is 55.1 Å². The quantitative estimate of drug-likeness (QED) is 0.889. The summed E-state index contributed by atoms with van der Waals surface area (Å²) < 4.78 is 0. The summed E-state index contributed by atoms with van der Waals surface area (Å²) in [7, 11) is 0. The highest BCUT2D eigenvalue weighted by Gasteiger charge is 2.06. The van der Waals surface area contributed by atoms with E-state index in [2.05, 4.69) is 5.32 Å². The number of carbonyl (C=O) groups is 1. The van der Waals surface area contributed by atoms with E-state index in [1.54, 1.807) is 0 Å². The Morgan fingerprint density at radius 1 is 1.05 bits per heavy atom. The summed E-state index contributed by atoms with van der Waals surface area (Å²) >= 11 is 5.82. The maximum Gasteiger partial charge on any atom is 0.224 e. The molecule has 0 aliphatic heterocycles. The zero-order valence-electron chi connectivity index (χ0n) is 11.1. The number of hydrogen-bond acceptors (Lipinski definition) is 2. The van der Waals surface area contributed by atoms with Gasteiger partial charge >= 0.3 is 0 Å². The Balaban J connectivity index is 1.91. The molecule has 0 unspecified atom stereocenters. The average Bonchev–Trinajstić information content (AvgIpc) is 2.47. The van der Waals surface area contributed by atoms with Crippen LogP contribution in [0.25, 0.3) is 0 Å². The average molecular weight is 289 g/mol. The van der Waals surface area contributed by atoms with Crippen molar-refractivity contribution in [3.8, 4) is 0 Å². The molecule has 0 fully saturated rings. The Morgan fingerprint density at radius 2 is 1.70 bits per heavy atom. The molecule has 20 heavy (non-hydrogen) atoms. The minimum Gasteiger partial charge on any atom is -0.352 e. The van der Waals surface area contributed by atoms with Crippen LogP contribution in [0.3, 0.4) is 0 Å². The standard InChI is InChI=1S/C16H17ClN2O/c17-15-7-5-12(6-8-15)11-19-16(20)9-13-3-1-2-4-14(13)10-18/h1-8H,9-11,18H2,(H,19,20). The third-order valence-electron chi connectivity index (χ3n) is 3.09. The van der Waals surface area contributed by atoms with Crippen molar-refractivity contribution in [2.45, 2.75) is 19.5 Å². The molecule has 0 aliphatic rings. The lowest BCUT2D eigenvalue weighted by Crippen LogP contribution is -2.25. The molecule has 1 amide bonds. The van der Waals surface area contributed by atoms with E-state index < -0.39 is 0 Å². The first kappa shape index (κ1) is 14.6. The zero-order chi connectivity index (χ0) is 14.4. The predicted octanol–water partition coefficient (Wildman–Crippen LogP) is 2.66. The molecular weight excluding hydrogens is 272 g/mol. The van der Waals surface area contributed by atoms with Gasteiger partial charge in [-0.05, 0) is 28.8 Å². The highest BCUT2D eigenvalue weighted by Crippen LogP contribution is 2.10. The maximum absolute atomic E-state index is 11.9. The van der Waals surface area contributed by atoms with Gasteiger partial charge in [-0.15, -0.1) is 0 Å². The Kier molecular flexibility index (Phi) is 5.16. The van der Waals surface area contributed by atoms with E-state index in [0.29, 0.717) is 24.5 Å². The van der Waals surface area contributed by atoms with Crippen molar-refractivity contribution in [2.75, 3.05) is 0 Å². The van der Waals surface area contributed by atoms with Gasteiger partial charge in [0.25, 0.3) is 0 Å². The van der Waals surface area contributed by atoms with Crippen LogP contribution < -0.4 is 11.1 Å². The summed E-state index contributed by atoms with van der Waals surface area (Å²) in [6.45, 7) is 0.946. The molecule has 0 radical (unpaired) electrons.